The van der Waals surface area contributed by atoms with E-state index >= 15 is 0 Å². The lowest BCUT2D eigenvalue weighted by Crippen LogP contribution is -2.53. The van der Waals surface area contributed by atoms with Crippen LogP contribution in [0.2, 0.25) is 0 Å². The van der Waals surface area contributed by atoms with Gasteiger partial charge in [0.2, 0.25) is 0 Å². The first-order valence-electron chi connectivity index (χ1n) is 8.41. The van der Waals surface area contributed by atoms with Crippen molar-refractivity contribution in [3.05, 3.63) is 21.0 Å². The number of fused-ring (bicyclic) bond motifs is 4. The van der Waals surface area contributed by atoms with Gasteiger partial charge in [0.05, 0.1) is 11.8 Å². The summed E-state index contributed by atoms with van der Waals surface area (Å²) in [6, 6.07) is -0.577. The van der Waals surface area contributed by atoms with E-state index in [1.165, 1.54) is 16.4 Å². The van der Waals surface area contributed by atoms with Crippen LogP contribution in [0.4, 0.5) is 0 Å². The Morgan fingerprint density at radius 2 is 2.24 bits per heavy atom. The van der Waals surface area contributed by atoms with Crippen LogP contribution < -0.4 is 11.4 Å². The monoisotopic (exact) mass is 348 g/mol. The molecule has 0 radical (unpaired) electrons. The number of aliphatic hydroxyl groups is 1. The van der Waals surface area contributed by atoms with Gasteiger partial charge in [-0.05, 0) is 12.8 Å². The minimum Gasteiger partial charge on any atom is -0.396 e. The Labute approximate surface area is 143 Å². The Morgan fingerprint density at radius 1 is 1.44 bits per heavy atom. The average molecular weight is 348 g/mol. The number of nitrogens with zero attached hydrogens (tertiary/aromatic N) is 4. The lowest BCUT2D eigenvalue weighted by Gasteiger charge is -2.38. The first kappa shape index (κ1) is 16.2. The quantitative estimate of drug-likeness (QED) is 0.320. The molecule has 0 aromatic carbocycles. The molecule has 1 aliphatic carbocycles. The van der Waals surface area contributed by atoms with Crippen molar-refractivity contribution in [3.63, 3.8) is 0 Å². The summed E-state index contributed by atoms with van der Waals surface area (Å²) < 4.78 is 9.36. The van der Waals surface area contributed by atoms with Crippen molar-refractivity contribution in [2.24, 2.45) is 18.1 Å². The SMILES string of the molecule is C#CCCCO/N=C1/[C@H]2CCn3c(=O)n(C)c(=O)n3[C@H]2[C@H](O)[C@@H]2O[C@H]12. The fourth-order valence-electron chi connectivity index (χ4n) is 3.91. The van der Waals surface area contributed by atoms with E-state index in [9.17, 15) is 14.7 Å². The summed E-state index contributed by atoms with van der Waals surface area (Å²) in [4.78, 5) is 30.0. The van der Waals surface area contributed by atoms with Gasteiger partial charge in [-0.1, -0.05) is 5.16 Å². The van der Waals surface area contributed by atoms with Gasteiger partial charge in [-0.2, -0.15) is 0 Å². The van der Waals surface area contributed by atoms with Crippen LogP contribution in [0, 0.1) is 18.3 Å². The maximum Gasteiger partial charge on any atom is 0.347 e. The number of ether oxygens (including phenoxy) is 1. The summed E-state index contributed by atoms with van der Waals surface area (Å²) in [6.45, 7) is 0.789. The molecular formula is C16H20N4O5. The summed E-state index contributed by atoms with van der Waals surface area (Å²) in [5.41, 5.74) is -0.110. The number of hydrogen-bond donors (Lipinski definition) is 1. The maximum absolute atomic E-state index is 12.5. The zero-order valence-corrected chi connectivity index (χ0v) is 13.9. The molecule has 9 heteroatoms. The molecule has 2 aliphatic heterocycles. The standard InChI is InChI=1S/C16H20N4O5/c1-3-4-5-8-24-17-10-9-6-7-19-15(22)18(2)16(23)20(19)11(9)12(21)14-13(10)25-14/h1,9,11-14,21H,4-8H2,2H3/b17-10-/t9-,11-,12+,13-,14+/m1/s1. The van der Waals surface area contributed by atoms with Gasteiger partial charge < -0.3 is 14.7 Å². The predicted molar refractivity (Wildman–Crippen MR) is 87.2 cm³/mol. The van der Waals surface area contributed by atoms with Gasteiger partial charge in [0, 0.05) is 25.9 Å². The van der Waals surface area contributed by atoms with E-state index < -0.39 is 23.9 Å². The second kappa shape index (κ2) is 5.89. The molecule has 1 saturated heterocycles. The molecule has 9 nitrogen and oxygen atoms in total. The molecular weight excluding hydrogens is 328 g/mol. The smallest absolute Gasteiger partial charge is 0.347 e. The third-order valence-electron chi connectivity index (χ3n) is 5.21. The molecule has 0 amide bonds. The topological polar surface area (TPSA) is 103 Å². The summed E-state index contributed by atoms with van der Waals surface area (Å²) >= 11 is 0. The van der Waals surface area contributed by atoms with Gasteiger partial charge in [-0.15, -0.1) is 12.3 Å². The lowest BCUT2D eigenvalue weighted by atomic mass is 9.78. The van der Waals surface area contributed by atoms with Crippen LogP contribution in [0.25, 0.3) is 0 Å². The van der Waals surface area contributed by atoms with Crippen molar-refractivity contribution in [1.82, 2.24) is 13.9 Å². The molecule has 1 saturated carbocycles. The van der Waals surface area contributed by atoms with Crippen molar-refractivity contribution in [3.8, 4) is 12.3 Å². The highest BCUT2D eigenvalue weighted by molar-refractivity contribution is 5.94. The number of unbranched alkanes of at least 4 members (excludes halogenated alkanes) is 1. The Morgan fingerprint density at radius 3 is 3.00 bits per heavy atom. The third kappa shape index (κ3) is 2.36. The number of aromatic nitrogens is 3. The fourth-order valence-corrected chi connectivity index (χ4v) is 3.91. The molecule has 1 aromatic rings. The van der Waals surface area contributed by atoms with Crippen molar-refractivity contribution in [2.75, 3.05) is 6.61 Å². The highest BCUT2D eigenvalue weighted by Gasteiger charge is 2.61. The van der Waals surface area contributed by atoms with Crippen LogP contribution in [0.5, 0.6) is 0 Å². The average Bonchev–Trinajstić information content (AvgIpc) is 3.38. The number of oxime groups is 1. The van der Waals surface area contributed by atoms with E-state index in [1.54, 1.807) is 0 Å². The molecule has 0 bridgehead atoms. The summed E-state index contributed by atoms with van der Waals surface area (Å²) in [5, 5.41) is 14.8. The van der Waals surface area contributed by atoms with E-state index in [4.69, 9.17) is 16.0 Å². The minimum atomic E-state index is -0.860. The molecule has 3 heterocycles. The third-order valence-corrected chi connectivity index (χ3v) is 5.21. The summed E-state index contributed by atoms with van der Waals surface area (Å²) in [7, 11) is 1.44. The van der Waals surface area contributed by atoms with Crippen molar-refractivity contribution < 1.29 is 14.7 Å². The van der Waals surface area contributed by atoms with Gasteiger partial charge in [-0.3, -0.25) is 0 Å². The van der Waals surface area contributed by atoms with Gasteiger partial charge in [-0.25, -0.2) is 23.5 Å². The number of hydrogen-bond acceptors (Lipinski definition) is 6. The van der Waals surface area contributed by atoms with E-state index in [1.807, 2.05) is 0 Å². The number of aliphatic hydroxyl groups excluding tert-OH is 1. The molecule has 4 rings (SSSR count). The van der Waals surface area contributed by atoms with E-state index in [-0.39, 0.29) is 17.7 Å². The maximum atomic E-state index is 12.5. The normalized spacial score (nSPS) is 34.0. The second-order valence-electron chi connectivity index (χ2n) is 6.65. The summed E-state index contributed by atoms with van der Waals surface area (Å²) in [5.74, 6) is 2.34. The molecule has 2 fully saturated rings. The highest BCUT2D eigenvalue weighted by Crippen LogP contribution is 2.46. The zero-order valence-electron chi connectivity index (χ0n) is 13.9. The van der Waals surface area contributed by atoms with E-state index in [2.05, 4.69) is 11.1 Å². The fraction of sp³-hybridized carbons (Fsp3) is 0.688. The molecule has 25 heavy (non-hydrogen) atoms. The van der Waals surface area contributed by atoms with Crippen molar-refractivity contribution in [1.29, 1.82) is 0 Å². The van der Waals surface area contributed by atoms with Gasteiger partial charge in [0.25, 0.3) is 0 Å². The second-order valence-corrected chi connectivity index (χ2v) is 6.65. The Hall–Kier alpha value is -2.31. The molecule has 0 spiro atoms. The Kier molecular flexibility index (Phi) is 3.81. The number of rotatable bonds is 4. The van der Waals surface area contributed by atoms with Gasteiger partial charge in [0.1, 0.15) is 24.9 Å². The first-order valence-corrected chi connectivity index (χ1v) is 8.41. The Bertz CT molecular complexity index is 873. The van der Waals surface area contributed by atoms with Crippen LogP contribution in [0.1, 0.15) is 25.3 Å². The largest absolute Gasteiger partial charge is 0.396 e. The number of epoxide rings is 1. The summed E-state index contributed by atoms with van der Waals surface area (Å²) in [6.07, 6.45) is 5.56. The lowest BCUT2D eigenvalue weighted by molar-refractivity contribution is 0.0323. The minimum absolute atomic E-state index is 0.203. The van der Waals surface area contributed by atoms with Crippen molar-refractivity contribution in [2.45, 2.75) is 50.2 Å². The van der Waals surface area contributed by atoms with Gasteiger partial charge >= 0.3 is 11.4 Å². The predicted octanol–water partition coefficient (Wildman–Crippen LogP) is -1.16. The number of terminal acetylenes is 1. The van der Waals surface area contributed by atoms with E-state index in [0.717, 1.165) is 4.57 Å². The first-order chi connectivity index (χ1) is 12.1. The van der Waals surface area contributed by atoms with Crippen LogP contribution in [-0.2, 0) is 23.2 Å². The zero-order chi connectivity index (χ0) is 17.7. The van der Waals surface area contributed by atoms with Gasteiger partial charge in [0.15, 0.2) is 0 Å². The van der Waals surface area contributed by atoms with Crippen LogP contribution in [-0.4, -0.2) is 49.7 Å². The molecule has 134 valence electrons. The highest BCUT2D eigenvalue weighted by atomic mass is 16.6. The molecule has 1 N–H and O–H groups in total. The molecule has 1 aromatic heterocycles. The van der Waals surface area contributed by atoms with Crippen LogP contribution in [0.15, 0.2) is 14.7 Å². The van der Waals surface area contributed by atoms with E-state index in [0.29, 0.717) is 38.1 Å². The van der Waals surface area contributed by atoms with Crippen LogP contribution >= 0.6 is 0 Å². The van der Waals surface area contributed by atoms with Crippen molar-refractivity contribution >= 4 is 5.71 Å². The molecule has 5 atom stereocenters. The molecule has 0 unspecified atom stereocenters. The molecule has 3 aliphatic rings. The van der Waals surface area contributed by atoms with Crippen LogP contribution in [0.3, 0.4) is 0 Å². The Balaban J connectivity index is 1.66.